The van der Waals surface area contributed by atoms with E-state index in [9.17, 15) is 14.2 Å². The van der Waals surface area contributed by atoms with Crippen molar-refractivity contribution in [3.05, 3.63) is 28.8 Å². The lowest BCUT2D eigenvalue weighted by molar-refractivity contribution is 0.195. The molecule has 1 aromatic carbocycles. The normalized spacial score (nSPS) is 13.7. The third-order valence-corrected chi connectivity index (χ3v) is 11.2. The van der Waals surface area contributed by atoms with Crippen molar-refractivity contribution >= 4 is 15.2 Å². The molecule has 0 unspecified atom stereocenters. The summed E-state index contributed by atoms with van der Waals surface area (Å²) >= 11 is 0. The van der Waals surface area contributed by atoms with Crippen LogP contribution in [0, 0.1) is 0 Å². The minimum absolute atomic E-state index is 0.0843. The van der Waals surface area contributed by atoms with Crippen LogP contribution in [0.4, 0.5) is 0 Å². The van der Waals surface area contributed by atoms with Gasteiger partial charge in [0.05, 0.1) is 26.4 Å². The minimum atomic E-state index is -3.87. The van der Waals surface area contributed by atoms with Crippen molar-refractivity contribution in [3.63, 3.8) is 0 Å². The van der Waals surface area contributed by atoms with Crippen LogP contribution in [-0.4, -0.2) is 36.9 Å². The van der Waals surface area contributed by atoms with Crippen molar-refractivity contribution in [3.8, 4) is 5.75 Å². The number of rotatable bonds is 12. The maximum Gasteiger partial charge on any atom is 0.346 e. The van der Waals surface area contributed by atoms with E-state index in [1.165, 1.54) is 0 Å². The van der Waals surface area contributed by atoms with Crippen LogP contribution in [0.3, 0.4) is 0 Å². The molecule has 0 bridgehead atoms. The molecular weight excluding hydrogens is 462 g/mol. The molecular formula is C24H44O7P2. The van der Waals surface area contributed by atoms with E-state index >= 15 is 0 Å². The van der Waals surface area contributed by atoms with Gasteiger partial charge in [-0.05, 0) is 61.6 Å². The quantitative estimate of drug-likeness (QED) is 0.296. The van der Waals surface area contributed by atoms with Gasteiger partial charge < -0.3 is 23.2 Å². The van der Waals surface area contributed by atoms with E-state index < -0.39 is 20.6 Å². The molecule has 9 heteroatoms. The van der Waals surface area contributed by atoms with Gasteiger partial charge in [-0.1, -0.05) is 53.7 Å². The summed E-state index contributed by atoms with van der Waals surface area (Å²) in [6.45, 7) is 19.5. The third-order valence-electron chi connectivity index (χ3n) is 5.17. The lowest BCUT2D eigenvalue weighted by Crippen LogP contribution is -2.22. The average Bonchev–Trinajstić information content (AvgIpc) is 2.65. The molecule has 0 saturated heterocycles. The van der Waals surface area contributed by atoms with Gasteiger partial charge in [0.25, 0.3) is 0 Å². The van der Waals surface area contributed by atoms with Crippen LogP contribution in [0.25, 0.3) is 0 Å². The molecule has 0 aliphatic carbocycles. The molecule has 0 aliphatic heterocycles. The van der Waals surface area contributed by atoms with E-state index in [0.717, 1.165) is 16.7 Å². The number of benzene rings is 1. The zero-order valence-electron chi connectivity index (χ0n) is 22.1. The highest BCUT2D eigenvalue weighted by Crippen LogP contribution is 2.71. The van der Waals surface area contributed by atoms with Crippen LogP contribution < -0.4 is 0 Å². The van der Waals surface area contributed by atoms with Crippen molar-refractivity contribution in [2.75, 3.05) is 26.4 Å². The summed E-state index contributed by atoms with van der Waals surface area (Å²) in [7, 11) is -7.75. The monoisotopic (exact) mass is 506 g/mol. The lowest BCUT2D eigenvalue weighted by Gasteiger charge is -2.33. The summed E-state index contributed by atoms with van der Waals surface area (Å²) in [6.07, 6.45) is 0.0843. The van der Waals surface area contributed by atoms with Crippen molar-refractivity contribution in [1.29, 1.82) is 0 Å². The Kier molecular flexibility index (Phi) is 10.9. The van der Waals surface area contributed by atoms with Crippen molar-refractivity contribution in [1.82, 2.24) is 0 Å². The van der Waals surface area contributed by atoms with Crippen LogP contribution in [0.15, 0.2) is 12.1 Å². The predicted octanol–water partition coefficient (Wildman–Crippen LogP) is 7.39. The maximum atomic E-state index is 13.9. The summed E-state index contributed by atoms with van der Waals surface area (Å²) in [6, 6.07) is 3.75. The van der Waals surface area contributed by atoms with E-state index in [1.54, 1.807) is 27.7 Å². The Labute approximate surface area is 200 Å². The molecule has 0 amide bonds. The molecule has 0 radical (unpaired) electrons. The maximum absolute atomic E-state index is 13.9. The van der Waals surface area contributed by atoms with Gasteiger partial charge in [-0.2, -0.15) is 0 Å². The van der Waals surface area contributed by atoms with E-state index in [0.29, 0.717) is 0 Å². The molecule has 7 nitrogen and oxygen atoms in total. The molecule has 0 spiro atoms. The van der Waals surface area contributed by atoms with E-state index in [1.807, 2.05) is 53.7 Å². The smallest absolute Gasteiger partial charge is 0.346 e. The van der Waals surface area contributed by atoms with Gasteiger partial charge in [0.2, 0.25) is 0 Å². The van der Waals surface area contributed by atoms with Gasteiger partial charge in [0.1, 0.15) is 5.75 Å². The molecule has 0 fully saturated rings. The van der Waals surface area contributed by atoms with Gasteiger partial charge in [0, 0.05) is 0 Å². The second-order valence-corrected chi connectivity index (χ2v) is 14.8. The predicted molar refractivity (Wildman–Crippen MR) is 135 cm³/mol. The van der Waals surface area contributed by atoms with Crippen LogP contribution in [0.5, 0.6) is 5.75 Å². The SMILES string of the molecule is CCOP(=O)(OCC)C(Cc1cc(C(C)(C)C)c(O)c(C(C)(C)C)c1)P(=O)(OCC)OCC. The first-order valence-corrected chi connectivity index (χ1v) is 15.0. The first-order valence-electron chi connectivity index (χ1n) is 11.7. The summed E-state index contributed by atoms with van der Waals surface area (Å²) in [5.74, 6) is 0.242. The Morgan fingerprint density at radius 3 is 1.27 bits per heavy atom. The molecule has 1 rings (SSSR count). The molecule has 1 aromatic rings. The Bertz CT molecular complexity index is 784. The number of phenolic OH excluding ortho intramolecular Hbond substituents is 1. The summed E-state index contributed by atoms with van der Waals surface area (Å²) in [4.78, 5) is 0. The highest BCUT2D eigenvalue weighted by molar-refractivity contribution is 7.72. The summed E-state index contributed by atoms with van der Waals surface area (Å²) < 4.78 is 50.3. The minimum Gasteiger partial charge on any atom is -0.507 e. The van der Waals surface area contributed by atoms with Crippen LogP contribution in [0.2, 0.25) is 0 Å². The topological polar surface area (TPSA) is 91.3 Å². The molecule has 192 valence electrons. The van der Waals surface area contributed by atoms with Gasteiger partial charge in [-0.15, -0.1) is 0 Å². The fraction of sp³-hybridized carbons (Fsp3) is 0.750. The Hall–Kier alpha value is -0.680. The van der Waals surface area contributed by atoms with Gasteiger partial charge in [-0.3, -0.25) is 9.13 Å². The lowest BCUT2D eigenvalue weighted by atomic mass is 9.78. The van der Waals surface area contributed by atoms with Crippen molar-refractivity contribution in [2.45, 2.75) is 91.9 Å². The number of phenols is 1. The fourth-order valence-corrected chi connectivity index (χ4v) is 9.03. The molecule has 0 aromatic heterocycles. The zero-order valence-corrected chi connectivity index (χ0v) is 23.8. The van der Waals surface area contributed by atoms with Crippen molar-refractivity contribution < 1.29 is 32.3 Å². The third kappa shape index (κ3) is 7.65. The Morgan fingerprint density at radius 1 is 0.727 bits per heavy atom. The molecule has 1 N–H and O–H groups in total. The average molecular weight is 507 g/mol. The first kappa shape index (κ1) is 30.4. The molecule has 0 saturated carbocycles. The fourth-order valence-electron chi connectivity index (χ4n) is 3.70. The second kappa shape index (κ2) is 11.8. The van der Waals surface area contributed by atoms with Gasteiger partial charge >= 0.3 is 15.2 Å². The molecule has 0 aliphatic rings. The standard InChI is InChI=1S/C24H44O7P2/c1-11-28-32(26,29-12-2)21(33(27,30-13-3)31-14-4)17-18-15-19(23(5,6)7)22(25)20(16-18)24(8,9)10/h15-16,21,25H,11-14,17H2,1-10H3. The highest BCUT2D eigenvalue weighted by atomic mass is 31.2. The van der Waals surface area contributed by atoms with Crippen molar-refractivity contribution in [2.24, 2.45) is 0 Å². The first-order chi connectivity index (χ1) is 15.1. The molecule has 0 heterocycles. The van der Waals surface area contributed by atoms with Crippen LogP contribution >= 0.6 is 15.2 Å². The summed E-state index contributed by atoms with van der Waals surface area (Å²) in [5.41, 5.74) is 1.58. The van der Waals surface area contributed by atoms with E-state index in [-0.39, 0.29) is 49.4 Å². The zero-order chi connectivity index (χ0) is 25.7. The van der Waals surface area contributed by atoms with E-state index in [2.05, 4.69) is 0 Å². The van der Waals surface area contributed by atoms with E-state index in [4.69, 9.17) is 18.1 Å². The van der Waals surface area contributed by atoms with Crippen LogP contribution in [0.1, 0.15) is 85.9 Å². The molecule has 33 heavy (non-hydrogen) atoms. The second-order valence-electron chi connectivity index (χ2n) is 9.98. The largest absolute Gasteiger partial charge is 0.507 e. The molecule has 0 atom stereocenters. The number of hydrogen-bond acceptors (Lipinski definition) is 7. The Balaban J connectivity index is 3.82. The summed E-state index contributed by atoms with van der Waals surface area (Å²) in [5, 5.41) is 9.92. The van der Waals surface area contributed by atoms with Gasteiger partial charge in [0.15, 0.2) is 5.40 Å². The van der Waals surface area contributed by atoms with Gasteiger partial charge in [-0.25, -0.2) is 0 Å². The number of hydrogen-bond donors (Lipinski definition) is 1. The number of aromatic hydroxyl groups is 1. The van der Waals surface area contributed by atoms with Crippen LogP contribution in [-0.2, 0) is 44.5 Å². The highest BCUT2D eigenvalue weighted by Gasteiger charge is 2.51. The Morgan fingerprint density at radius 2 is 1.03 bits per heavy atom.